The number of hydrogen-bond acceptors (Lipinski definition) is 3. The van der Waals surface area contributed by atoms with E-state index in [-0.39, 0.29) is 0 Å². The van der Waals surface area contributed by atoms with Crippen molar-refractivity contribution in [2.24, 2.45) is 0 Å². The number of benzene rings is 1. The summed E-state index contributed by atoms with van der Waals surface area (Å²) < 4.78 is 0. The Morgan fingerprint density at radius 1 is 0.909 bits per heavy atom. The van der Waals surface area contributed by atoms with Gasteiger partial charge in [-0.3, -0.25) is 0 Å². The number of nitrogen functional groups attached to an aromatic ring is 2. The van der Waals surface area contributed by atoms with Crippen LogP contribution in [0.4, 0.5) is 11.4 Å². The molecule has 1 aromatic carbocycles. The van der Waals surface area contributed by atoms with Gasteiger partial charge in [-0.2, -0.15) is 11.3 Å². The molecule has 3 heteroatoms. The maximum atomic E-state index is 5.72. The second-order valence-corrected chi connectivity index (χ2v) is 3.19. The van der Waals surface area contributed by atoms with Crippen LogP contribution >= 0.6 is 11.3 Å². The first-order valence-corrected chi connectivity index (χ1v) is 4.23. The Bertz CT molecular complexity index is 356. The van der Waals surface area contributed by atoms with Crippen molar-refractivity contribution in [3.63, 3.8) is 0 Å². The van der Waals surface area contributed by atoms with Crippen molar-refractivity contribution >= 4 is 33.5 Å². The zero-order valence-electron chi connectivity index (χ0n) is 5.87. The van der Waals surface area contributed by atoms with Gasteiger partial charge in [0.15, 0.2) is 0 Å². The summed E-state index contributed by atoms with van der Waals surface area (Å²) in [5, 5.41) is 6.16. The third-order valence-electron chi connectivity index (χ3n) is 1.73. The van der Waals surface area contributed by atoms with Crippen molar-refractivity contribution in [2.75, 3.05) is 11.5 Å². The highest BCUT2D eigenvalue weighted by Gasteiger charge is 2.00. The van der Waals surface area contributed by atoms with Crippen LogP contribution in [0.5, 0.6) is 0 Å². The quantitative estimate of drug-likeness (QED) is 0.585. The second kappa shape index (κ2) is 2.13. The van der Waals surface area contributed by atoms with E-state index < -0.39 is 0 Å². The predicted octanol–water partition coefficient (Wildman–Crippen LogP) is 2.07. The number of anilines is 2. The lowest BCUT2D eigenvalue weighted by molar-refractivity contribution is 1.77. The molecule has 0 saturated carbocycles. The van der Waals surface area contributed by atoms with Gasteiger partial charge in [0, 0.05) is 32.9 Å². The molecule has 0 bridgehead atoms. The predicted molar refractivity (Wildman–Crippen MR) is 50.6 cm³/mol. The Morgan fingerprint density at radius 3 is 1.82 bits per heavy atom. The van der Waals surface area contributed by atoms with Crippen LogP contribution in [0.2, 0.25) is 0 Å². The zero-order chi connectivity index (χ0) is 7.84. The normalized spacial score (nSPS) is 10.5. The summed E-state index contributed by atoms with van der Waals surface area (Å²) in [6.45, 7) is 0. The number of fused-ring (bicyclic) bond motifs is 1. The minimum atomic E-state index is 0.801. The molecule has 2 aromatic rings. The van der Waals surface area contributed by atoms with Crippen LogP contribution in [-0.4, -0.2) is 0 Å². The maximum Gasteiger partial charge on any atom is 0.0403 e. The first-order valence-electron chi connectivity index (χ1n) is 3.29. The van der Waals surface area contributed by atoms with E-state index >= 15 is 0 Å². The number of hydrogen-bond donors (Lipinski definition) is 2. The van der Waals surface area contributed by atoms with E-state index in [1.54, 1.807) is 11.3 Å². The molecule has 0 saturated heterocycles. The van der Waals surface area contributed by atoms with E-state index in [1.165, 1.54) is 0 Å². The summed E-state index contributed by atoms with van der Waals surface area (Å²) in [6.07, 6.45) is 0. The molecule has 2 rings (SSSR count). The third kappa shape index (κ3) is 0.851. The van der Waals surface area contributed by atoms with Crippen molar-refractivity contribution in [3.8, 4) is 0 Å². The monoisotopic (exact) mass is 164 g/mol. The average molecular weight is 164 g/mol. The molecular formula is C8H8N2S. The van der Waals surface area contributed by atoms with Crippen LogP contribution in [0, 0.1) is 0 Å². The molecule has 0 radical (unpaired) electrons. The van der Waals surface area contributed by atoms with Crippen molar-refractivity contribution < 1.29 is 0 Å². The van der Waals surface area contributed by atoms with Crippen LogP contribution in [0.25, 0.3) is 10.8 Å². The molecule has 11 heavy (non-hydrogen) atoms. The molecule has 4 N–H and O–H groups in total. The van der Waals surface area contributed by atoms with Gasteiger partial charge in [0.05, 0.1) is 0 Å². The lowest BCUT2D eigenvalue weighted by Crippen LogP contribution is -1.89. The highest BCUT2D eigenvalue weighted by atomic mass is 32.1. The molecule has 56 valence electrons. The highest BCUT2D eigenvalue weighted by molar-refractivity contribution is 7.09. The van der Waals surface area contributed by atoms with Gasteiger partial charge in [-0.15, -0.1) is 0 Å². The van der Waals surface area contributed by atoms with Gasteiger partial charge in [-0.1, -0.05) is 0 Å². The van der Waals surface area contributed by atoms with Crippen molar-refractivity contribution in [1.82, 2.24) is 0 Å². The maximum absolute atomic E-state index is 5.72. The summed E-state index contributed by atoms with van der Waals surface area (Å²) in [4.78, 5) is 0. The van der Waals surface area contributed by atoms with Gasteiger partial charge in [0.25, 0.3) is 0 Å². The Kier molecular flexibility index (Phi) is 1.26. The van der Waals surface area contributed by atoms with E-state index in [1.807, 2.05) is 22.9 Å². The summed E-state index contributed by atoms with van der Waals surface area (Å²) in [5.41, 5.74) is 13.0. The largest absolute Gasteiger partial charge is 0.398 e. The van der Waals surface area contributed by atoms with Crippen molar-refractivity contribution in [1.29, 1.82) is 0 Å². The number of nitrogens with two attached hydrogens (primary N) is 2. The Morgan fingerprint density at radius 2 is 1.36 bits per heavy atom. The Labute approximate surface area is 68.4 Å². The lowest BCUT2D eigenvalue weighted by Gasteiger charge is -1.98. The standard InChI is InChI=1S/C8H8N2S/c9-7-1-2-8(10)6-4-11-3-5(6)7/h1-4H,9-10H2. The van der Waals surface area contributed by atoms with E-state index in [0.717, 1.165) is 22.1 Å². The van der Waals surface area contributed by atoms with E-state index in [4.69, 9.17) is 11.5 Å². The van der Waals surface area contributed by atoms with Crippen LogP contribution in [0.1, 0.15) is 0 Å². The molecular weight excluding hydrogens is 156 g/mol. The van der Waals surface area contributed by atoms with Crippen LogP contribution < -0.4 is 11.5 Å². The molecule has 0 aliphatic rings. The highest BCUT2D eigenvalue weighted by Crippen LogP contribution is 2.29. The van der Waals surface area contributed by atoms with E-state index in [0.29, 0.717) is 0 Å². The van der Waals surface area contributed by atoms with E-state index in [2.05, 4.69) is 0 Å². The summed E-state index contributed by atoms with van der Waals surface area (Å²) in [7, 11) is 0. The van der Waals surface area contributed by atoms with Crippen LogP contribution in [0.3, 0.4) is 0 Å². The van der Waals surface area contributed by atoms with Crippen LogP contribution in [0.15, 0.2) is 22.9 Å². The lowest BCUT2D eigenvalue weighted by atomic mass is 10.1. The minimum Gasteiger partial charge on any atom is -0.398 e. The first kappa shape index (κ1) is 6.49. The fourth-order valence-corrected chi connectivity index (χ4v) is 1.97. The fraction of sp³-hybridized carbons (Fsp3) is 0. The van der Waals surface area contributed by atoms with Gasteiger partial charge in [0.1, 0.15) is 0 Å². The van der Waals surface area contributed by atoms with Gasteiger partial charge in [0.2, 0.25) is 0 Å². The molecule has 0 aliphatic heterocycles. The van der Waals surface area contributed by atoms with Gasteiger partial charge in [-0.05, 0) is 12.1 Å². The van der Waals surface area contributed by atoms with Crippen LogP contribution in [-0.2, 0) is 0 Å². The van der Waals surface area contributed by atoms with Gasteiger partial charge in [-0.25, -0.2) is 0 Å². The zero-order valence-corrected chi connectivity index (χ0v) is 6.69. The molecule has 0 aliphatic carbocycles. The van der Waals surface area contributed by atoms with Crippen molar-refractivity contribution in [2.45, 2.75) is 0 Å². The summed E-state index contributed by atoms with van der Waals surface area (Å²) in [5.74, 6) is 0. The molecule has 0 unspecified atom stereocenters. The smallest absolute Gasteiger partial charge is 0.0403 e. The molecule has 0 spiro atoms. The number of rotatable bonds is 0. The van der Waals surface area contributed by atoms with E-state index in [9.17, 15) is 0 Å². The van der Waals surface area contributed by atoms with Gasteiger partial charge < -0.3 is 11.5 Å². The molecule has 1 heterocycles. The SMILES string of the molecule is Nc1ccc(N)c2cscc12. The molecule has 2 nitrogen and oxygen atoms in total. The molecule has 0 atom stereocenters. The topological polar surface area (TPSA) is 52.0 Å². The second-order valence-electron chi connectivity index (χ2n) is 2.44. The fourth-order valence-electron chi connectivity index (χ4n) is 1.10. The Hall–Kier alpha value is -1.22. The molecule has 0 amide bonds. The summed E-state index contributed by atoms with van der Waals surface area (Å²) in [6, 6.07) is 3.68. The van der Waals surface area contributed by atoms with Crippen molar-refractivity contribution in [3.05, 3.63) is 22.9 Å². The number of thiophene rings is 1. The molecule has 0 fully saturated rings. The van der Waals surface area contributed by atoms with Gasteiger partial charge >= 0.3 is 0 Å². The summed E-state index contributed by atoms with van der Waals surface area (Å²) >= 11 is 1.62. The first-order chi connectivity index (χ1) is 5.29. The third-order valence-corrected chi connectivity index (χ3v) is 2.47. The average Bonchev–Trinajstić information content (AvgIpc) is 2.45. The minimum absolute atomic E-state index is 0.801. The molecule has 1 aromatic heterocycles. The Balaban J connectivity index is 2.96.